The Kier molecular flexibility index (Phi) is 6.23. The van der Waals surface area contributed by atoms with Crippen LogP contribution in [0.2, 0.25) is 0 Å². The number of halogens is 1. The molecule has 12 heavy (non-hydrogen) atoms. The lowest BCUT2D eigenvalue weighted by molar-refractivity contribution is 0.0915. The van der Waals surface area contributed by atoms with Gasteiger partial charge in [-0.2, -0.15) is 8.42 Å². The molecule has 0 radical (unpaired) electrons. The van der Waals surface area contributed by atoms with Crippen molar-refractivity contribution in [2.24, 2.45) is 0 Å². The van der Waals surface area contributed by atoms with Gasteiger partial charge in [0.05, 0.1) is 25.6 Å². The van der Waals surface area contributed by atoms with Gasteiger partial charge in [0.25, 0.3) is 10.1 Å². The molecule has 0 aromatic heterocycles. The Balaban J connectivity index is 3.32. The van der Waals surface area contributed by atoms with E-state index in [1.165, 1.54) is 6.92 Å². The second-order valence-corrected chi connectivity index (χ2v) is 3.90. The lowest BCUT2D eigenvalue weighted by atomic mass is 10.7. The number of hydrogen-bond acceptors (Lipinski definition) is 4. The van der Waals surface area contributed by atoms with Crippen LogP contribution in [-0.2, 0) is 19.0 Å². The number of hydrogen-bond donors (Lipinski definition) is 0. The second-order valence-electron chi connectivity index (χ2n) is 1.97. The first-order chi connectivity index (χ1) is 5.62. The van der Waals surface area contributed by atoms with Crippen LogP contribution < -0.4 is 0 Å². The summed E-state index contributed by atoms with van der Waals surface area (Å²) in [5.41, 5.74) is 0. The Morgan fingerprint density at radius 3 is 2.42 bits per heavy atom. The molecule has 0 amide bonds. The molecule has 0 N–H and O–H groups in total. The molecule has 4 nitrogen and oxygen atoms in total. The van der Waals surface area contributed by atoms with Crippen LogP contribution >= 0.6 is 0 Å². The standard InChI is InChI=1S/C6H13FO4S/c1-2-12(8,9)11-6-5-10-4-3-7/h2-6H2,1H3. The van der Waals surface area contributed by atoms with Crippen LogP contribution in [0.25, 0.3) is 0 Å². The molecule has 0 spiro atoms. The first kappa shape index (κ1) is 11.8. The van der Waals surface area contributed by atoms with Gasteiger partial charge in [0.1, 0.15) is 6.67 Å². The molecular weight excluding hydrogens is 187 g/mol. The summed E-state index contributed by atoms with van der Waals surface area (Å²) in [6.45, 7) is 0.952. The predicted octanol–water partition coefficient (Wildman–Crippen LogP) is 0.339. The average molecular weight is 200 g/mol. The minimum atomic E-state index is -3.38. The smallest absolute Gasteiger partial charge is 0.267 e. The summed E-state index contributed by atoms with van der Waals surface area (Å²) in [4.78, 5) is 0. The van der Waals surface area contributed by atoms with E-state index in [2.05, 4.69) is 8.92 Å². The molecule has 0 bridgehead atoms. The maximum absolute atomic E-state index is 11.4. The highest BCUT2D eigenvalue weighted by atomic mass is 32.2. The van der Waals surface area contributed by atoms with Crippen molar-refractivity contribution >= 4 is 10.1 Å². The fraction of sp³-hybridized carbons (Fsp3) is 1.00. The third-order valence-corrected chi connectivity index (χ3v) is 2.30. The third kappa shape index (κ3) is 6.51. The molecule has 0 aliphatic heterocycles. The summed E-state index contributed by atoms with van der Waals surface area (Å²) in [5, 5.41) is 0. The molecule has 74 valence electrons. The minimum Gasteiger partial charge on any atom is -0.376 e. The van der Waals surface area contributed by atoms with Gasteiger partial charge in [-0.1, -0.05) is 0 Å². The van der Waals surface area contributed by atoms with Crippen LogP contribution in [0.15, 0.2) is 0 Å². The number of rotatable bonds is 7. The zero-order chi connectivity index (χ0) is 9.45. The molecule has 0 saturated carbocycles. The van der Waals surface area contributed by atoms with Crippen molar-refractivity contribution in [3.8, 4) is 0 Å². The van der Waals surface area contributed by atoms with E-state index in [4.69, 9.17) is 0 Å². The van der Waals surface area contributed by atoms with Gasteiger partial charge in [0, 0.05) is 0 Å². The van der Waals surface area contributed by atoms with Gasteiger partial charge in [-0.3, -0.25) is 4.18 Å². The summed E-state index contributed by atoms with van der Waals surface area (Å²) < 4.78 is 41.9. The molecule has 0 unspecified atom stereocenters. The number of alkyl halides is 1. The van der Waals surface area contributed by atoms with Crippen molar-refractivity contribution in [2.45, 2.75) is 6.92 Å². The van der Waals surface area contributed by atoms with Crippen molar-refractivity contribution < 1.29 is 21.7 Å². The van der Waals surface area contributed by atoms with Crippen LogP contribution in [0.3, 0.4) is 0 Å². The van der Waals surface area contributed by atoms with Gasteiger partial charge in [-0.05, 0) is 6.92 Å². The van der Waals surface area contributed by atoms with Gasteiger partial charge in [-0.15, -0.1) is 0 Å². The van der Waals surface area contributed by atoms with Gasteiger partial charge in [0.15, 0.2) is 0 Å². The molecule has 6 heteroatoms. The highest BCUT2D eigenvalue weighted by Crippen LogP contribution is 1.91. The SMILES string of the molecule is CCS(=O)(=O)OCCOCCF. The topological polar surface area (TPSA) is 52.6 Å². The van der Waals surface area contributed by atoms with Crippen molar-refractivity contribution in [2.75, 3.05) is 32.2 Å². The molecule has 0 heterocycles. The van der Waals surface area contributed by atoms with E-state index in [-0.39, 0.29) is 25.6 Å². The first-order valence-electron chi connectivity index (χ1n) is 3.63. The normalized spacial score (nSPS) is 11.8. The Morgan fingerprint density at radius 2 is 1.92 bits per heavy atom. The average Bonchev–Trinajstić information content (AvgIpc) is 2.04. The molecule has 0 atom stereocenters. The summed E-state index contributed by atoms with van der Waals surface area (Å²) in [6.07, 6.45) is 0. The van der Waals surface area contributed by atoms with Gasteiger partial charge < -0.3 is 4.74 Å². The summed E-state index contributed by atoms with van der Waals surface area (Å²) >= 11 is 0. The molecule has 0 aromatic carbocycles. The molecule has 0 aliphatic rings. The molecule has 0 aliphatic carbocycles. The molecule has 0 rings (SSSR count). The Labute approximate surface area is 71.8 Å². The Hall–Kier alpha value is -0.200. The number of ether oxygens (including phenoxy) is 1. The fourth-order valence-corrected chi connectivity index (χ4v) is 0.949. The summed E-state index contributed by atoms with van der Waals surface area (Å²) in [5.74, 6) is -0.0594. The second kappa shape index (κ2) is 6.33. The van der Waals surface area contributed by atoms with Crippen LogP contribution in [0.5, 0.6) is 0 Å². The van der Waals surface area contributed by atoms with Crippen molar-refractivity contribution in [3.05, 3.63) is 0 Å². The van der Waals surface area contributed by atoms with Crippen LogP contribution in [0, 0.1) is 0 Å². The maximum atomic E-state index is 11.4. The van der Waals surface area contributed by atoms with Gasteiger partial charge in [-0.25, -0.2) is 4.39 Å². The summed E-state index contributed by atoms with van der Waals surface area (Å²) in [6, 6.07) is 0. The Bertz CT molecular complexity index is 190. The van der Waals surface area contributed by atoms with E-state index < -0.39 is 16.8 Å². The summed E-state index contributed by atoms with van der Waals surface area (Å²) in [7, 11) is -3.38. The Morgan fingerprint density at radius 1 is 1.25 bits per heavy atom. The van der Waals surface area contributed by atoms with Crippen LogP contribution in [0.1, 0.15) is 6.92 Å². The fourth-order valence-electron chi connectivity index (χ4n) is 0.460. The van der Waals surface area contributed by atoms with Crippen molar-refractivity contribution in [1.82, 2.24) is 0 Å². The van der Waals surface area contributed by atoms with E-state index in [0.29, 0.717) is 0 Å². The van der Waals surface area contributed by atoms with E-state index in [9.17, 15) is 12.8 Å². The van der Waals surface area contributed by atoms with Gasteiger partial charge in [0.2, 0.25) is 0 Å². The lowest BCUT2D eigenvalue weighted by Gasteiger charge is -2.02. The van der Waals surface area contributed by atoms with Gasteiger partial charge >= 0.3 is 0 Å². The molecule has 0 aromatic rings. The monoisotopic (exact) mass is 200 g/mol. The zero-order valence-corrected chi connectivity index (χ0v) is 7.77. The third-order valence-electron chi connectivity index (χ3n) is 1.07. The minimum absolute atomic E-state index is 0.0183. The first-order valence-corrected chi connectivity index (χ1v) is 5.21. The largest absolute Gasteiger partial charge is 0.376 e. The predicted molar refractivity (Wildman–Crippen MR) is 42.2 cm³/mol. The van der Waals surface area contributed by atoms with E-state index in [0.717, 1.165) is 0 Å². The highest BCUT2D eigenvalue weighted by molar-refractivity contribution is 7.86. The van der Waals surface area contributed by atoms with E-state index >= 15 is 0 Å². The molecule has 0 fully saturated rings. The van der Waals surface area contributed by atoms with Crippen LogP contribution in [0.4, 0.5) is 4.39 Å². The highest BCUT2D eigenvalue weighted by Gasteiger charge is 2.05. The molecular formula is C6H13FO4S. The van der Waals surface area contributed by atoms with E-state index in [1.54, 1.807) is 0 Å². The van der Waals surface area contributed by atoms with E-state index in [1.807, 2.05) is 0 Å². The zero-order valence-electron chi connectivity index (χ0n) is 6.95. The van der Waals surface area contributed by atoms with Crippen molar-refractivity contribution in [3.63, 3.8) is 0 Å². The quantitative estimate of drug-likeness (QED) is 0.439. The lowest BCUT2D eigenvalue weighted by Crippen LogP contribution is -2.13. The maximum Gasteiger partial charge on any atom is 0.267 e. The van der Waals surface area contributed by atoms with Crippen LogP contribution in [-0.4, -0.2) is 40.7 Å². The van der Waals surface area contributed by atoms with Crippen molar-refractivity contribution in [1.29, 1.82) is 0 Å². The molecule has 0 saturated heterocycles.